The van der Waals surface area contributed by atoms with E-state index in [0.29, 0.717) is 0 Å². The molecule has 0 amide bonds. The summed E-state index contributed by atoms with van der Waals surface area (Å²) in [6.45, 7) is 0. The lowest BCUT2D eigenvalue weighted by Gasteiger charge is -2.51. The van der Waals surface area contributed by atoms with Gasteiger partial charge in [0.25, 0.3) is 0 Å². The van der Waals surface area contributed by atoms with Gasteiger partial charge in [0.05, 0.1) is 0 Å². The minimum absolute atomic E-state index is 1.16. The summed E-state index contributed by atoms with van der Waals surface area (Å²) in [6.07, 6.45) is 17.5. The zero-order chi connectivity index (χ0) is 11.2. The number of hydrogen-bond acceptors (Lipinski definition) is 0. The zero-order valence-corrected chi connectivity index (χ0v) is 11.2. The Balaban J connectivity index is 1.56. The van der Waals surface area contributed by atoms with Crippen LogP contribution in [0, 0.1) is 35.5 Å². The minimum atomic E-state index is 1.16. The molecule has 0 spiro atoms. The Bertz CT molecular complexity index is 282. The van der Waals surface area contributed by atoms with Crippen LogP contribution < -0.4 is 0 Å². The van der Waals surface area contributed by atoms with E-state index in [-0.39, 0.29) is 0 Å². The van der Waals surface area contributed by atoms with Gasteiger partial charge in [0, 0.05) is 0 Å². The summed E-state index contributed by atoms with van der Waals surface area (Å²) >= 11 is 0. The van der Waals surface area contributed by atoms with Crippen molar-refractivity contribution in [2.45, 2.75) is 70.6 Å². The van der Waals surface area contributed by atoms with Crippen LogP contribution in [0.3, 0.4) is 0 Å². The van der Waals surface area contributed by atoms with Crippen molar-refractivity contribution in [1.29, 1.82) is 0 Å². The monoisotopic (exact) mass is 232 g/mol. The van der Waals surface area contributed by atoms with E-state index in [4.69, 9.17) is 0 Å². The van der Waals surface area contributed by atoms with Crippen molar-refractivity contribution in [2.75, 3.05) is 0 Å². The Kier molecular flexibility index (Phi) is 2.74. The summed E-state index contributed by atoms with van der Waals surface area (Å²) in [6, 6.07) is 0. The van der Waals surface area contributed by atoms with Gasteiger partial charge in [0.1, 0.15) is 0 Å². The summed E-state index contributed by atoms with van der Waals surface area (Å²) in [5.74, 6) is 7.02. The van der Waals surface area contributed by atoms with Crippen LogP contribution in [-0.4, -0.2) is 0 Å². The Labute approximate surface area is 107 Å². The van der Waals surface area contributed by atoms with Gasteiger partial charge in [-0.1, -0.05) is 32.1 Å². The van der Waals surface area contributed by atoms with Crippen LogP contribution in [-0.2, 0) is 0 Å². The fourth-order valence-electron chi connectivity index (χ4n) is 6.45. The first-order valence-electron chi connectivity index (χ1n) is 8.43. The molecule has 0 bridgehead atoms. The third-order valence-electron chi connectivity index (χ3n) is 7.08. The summed E-state index contributed by atoms with van der Waals surface area (Å²) in [7, 11) is 0. The largest absolute Gasteiger partial charge is 0.0530 e. The van der Waals surface area contributed by atoms with E-state index >= 15 is 0 Å². The van der Waals surface area contributed by atoms with Gasteiger partial charge in [-0.25, -0.2) is 0 Å². The predicted octanol–water partition coefficient (Wildman–Crippen LogP) is 5.03. The minimum Gasteiger partial charge on any atom is -0.0530 e. The van der Waals surface area contributed by atoms with Crippen LogP contribution in [0.4, 0.5) is 0 Å². The quantitative estimate of drug-likeness (QED) is 0.549. The van der Waals surface area contributed by atoms with E-state index in [1.165, 1.54) is 23.7 Å². The highest BCUT2D eigenvalue weighted by Gasteiger charge is 2.48. The van der Waals surface area contributed by atoms with Crippen molar-refractivity contribution in [2.24, 2.45) is 35.5 Å². The molecule has 4 saturated carbocycles. The van der Waals surface area contributed by atoms with Crippen LogP contribution >= 0.6 is 0 Å². The van der Waals surface area contributed by atoms with Gasteiger partial charge in [-0.15, -0.1) is 0 Å². The van der Waals surface area contributed by atoms with Crippen LogP contribution in [0.1, 0.15) is 70.6 Å². The number of fused-ring (bicyclic) bond motifs is 5. The van der Waals surface area contributed by atoms with E-state index in [2.05, 4.69) is 0 Å². The average Bonchev–Trinajstić information content (AvgIpc) is 2.86. The van der Waals surface area contributed by atoms with Gasteiger partial charge in [-0.3, -0.25) is 0 Å². The van der Waals surface area contributed by atoms with Crippen molar-refractivity contribution in [1.82, 2.24) is 0 Å². The van der Waals surface area contributed by atoms with Crippen molar-refractivity contribution in [3.63, 3.8) is 0 Å². The van der Waals surface area contributed by atoms with Gasteiger partial charge >= 0.3 is 0 Å². The third kappa shape index (κ3) is 1.70. The Morgan fingerprint density at radius 2 is 0.882 bits per heavy atom. The summed E-state index contributed by atoms with van der Waals surface area (Å²) in [5, 5.41) is 0. The first-order chi connectivity index (χ1) is 8.43. The van der Waals surface area contributed by atoms with Gasteiger partial charge < -0.3 is 0 Å². The van der Waals surface area contributed by atoms with Crippen LogP contribution in [0.15, 0.2) is 0 Å². The van der Waals surface area contributed by atoms with Gasteiger partial charge in [0.15, 0.2) is 0 Å². The maximum Gasteiger partial charge on any atom is -0.0352 e. The summed E-state index contributed by atoms with van der Waals surface area (Å²) in [5.41, 5.74) is 0. The summed E-state index contributed by atoms with van der Waals surface area (Å²) in [4.78, 5) is 0. The SMILES string of the molecule is C1CC[C@@H]2[C@H](C1)CC[C@H]1[C@@H]2CC[C@H]2CCC[C@H]21. The Hall–Kier alpha value is 0. The number of hydrogen-bond donors (Lipinski definition) is 0. The molecule has 17 heavy (non-hydrogen) atoms. The smallest absolute Gasteiger partial charge is 0.0352 e. The van der Waals surface area contributed by atoms with Crippen molar-refractivity contribution >= 4 is 0 Å². The first kappa shape index (κ1) is 10.9. The molecule has 0 aromatic rings. The molecule has 6 atom stereocenters. The second kappa shape index (κ2) is 4.28. The molecule has 0 heterocycles. The predicted molar refractivity (Wildman–Crippen MR) is 71.7 cm³/mol. The molecule has 0 aromatic carbocycles. The molecule has 0 aromatic heterocycles. The molecule has 4 aliphatic rings. The van der Waals surface area contributed by atoms with Gasteiger partial charge in [0.2, 0.25) is 0 Å². The molecular weight excluding hydrogens is 204 g/mol. The zero-order valence-electron chi connectivity index (χ0n) is 11.2. The lowest BCUT2D eigenvalue weighted by molar-refractivity contribution is -0.0184. The number of rotatable bonds is 0. The van der Waals surface area contributed by atoms with Crippen LogP contribution in [0.5, 0.6) is 0 Å². The molecule has 0 aliphatic heterocycles. The molecule has 96 valence electrons. The highest BCUT2D eigenvalue weighted by molar-refractivity contribution is 4.98. The van der Waals surface area contributed by atoms with Crippen LogP contribution in [0.25, 0.3) is 0 Å². The third-order valence-corrected chi connectivity index (χ3v) is 7.08. The molecule has 4 fully saturated rings. The maximum atomic E-state index is 1.62. The van der Waals surface area contributed by atoms with Crippen LogP contribution in [0.2, 0.25) is 0 Å². The van der Waals surface area contributed by atoms with Crippen molar-refractivity contribution < 1.29 is 0 Å². The van der Waals surface area contributed by atoms with E-state index in [0.717, 1.165) is 11.8 Å². The lowest BCUT2D eigenvalue weighted by atomic mass is 9.54. The summed E-state index contributed by atoms with van der Waals surface area (Å²) < 4.78 is 0. The van der Waals surface area contributed by atoms with E-state index < -0.39 is 0 Å². The molecular formula is C17H28. The second-order valence-electron chi connectivity index (χ2n) is 7.55. The van der Waals surface area contributed by atoms with Crippen molar-refractivity contribution in [3.8, 4) is 0 Å². The highest BCUT2D eigenvalue weighted by Crippen LogP contribution is 2.57. The standard InChI is InChI=1S/C17H28/c1-2-6-14-12(4-1)8-10-17-15-7-3-5-13(15)9-11-16(14)17/h12-17H,1-11H2/t12-,13-,14-,15-,16-,17-/m1/s1. The van der Waals surface area contributed by atoms with Gasteiger partial charge in [-0.05, 0) is 74.0 Å². The topological polar surface area (TPSA) is 0 Å². The first-order valence-corrected chi connectivity index (χ1v) is 8.43. The Morgan fingerprint density at radius 1 is 0.353 bits per heavy atom. The molecule has 0 unspecified atom stereocenters. The van der Waals surface area contributed by atoms with E-state index in [1.807, 2.05) is 0 Å². The Morgan fingerprint density at radius 3 is 1.59 bits per heavy atom. The van der Waals surface area contributed by atoms with E-state index in [1.54, 1.807) is 70.6 Å². The van der Waals surface area contributed by atoms with Crippen molar-refractivity contribution in [3.05, 3.63) is 0 Å². The van der Waals surface area contributed by atoms with Gasteiger partial charge in [-0.2, -0.15) is 0 Å². The molecule has 0 N–H and O–H groups in total. The molecule has 0 nitrogen and oxygen atoms in total. The molecule has 4 rings (SSSR count). The molecule has 4 aliphatic carbocycles. The highest BCUT2D eigenvalue weighted by atomic mass is 14.5. The molecule has 0 saturated heterocycles. The van der Waals surface area contributed by atoms with E-state index in [9.17, 15) is 0 Å². The fraction of sp³-hybridized carbons (Fsp3) is 1.00. The molecule has 0 heteroatoms. The fourth-order valence-corrected chi connectivity index (χ4v) is 6.45. The normalized spacial score (nSPS) is 53.6. The maximum absolute atomic E-state index is 1.62. The second-order valence-corrected chi connectivity index (χ2v) is 7.55. The molecule has 0 radical (unpaired) electrons. The lowest BCUT2D eigenvalue weighted by Crippen LogP contribution is -2.43. The average molecular weight is 232 g/mol.